The van der Waals surface area contributed by atoms with E-state index >= 15 is 0 Å². The largest absolute Gasteiger partial charge is 0.368 e. The number of rotatable bonds is 3. The zero-order valence-corrected chi connectivity index (χ0v) is 9.51. The van der Waals surface area contributed by atoms with E-state index in [4.69, 9.17) is 5.73 Å². The van der Waals surface area contributed by atoms with Crippen molar-refractivity contribution in [1.29, 1.82) is 0 Å². The maximum Gasteiger partial charge on any atom is 0.221 e. The fourth-order valence-corrected chi connectivity index (χ4v) is 1.58. The van der Waals surface area contributed by atoms with Gasteiger partial charge in [-0.25, -0.2) is 9.67 Å². The van der Waals surface area contributed by atoms with Gasteiger partial charge in [0.1, 0.15) is 0 Å². The third-order valence-electron chi connectivity index (χ3n) is 2.43. The Labute approximate surface area is 94.3 Å². The minimum atomic E-state index is 0.271. The summed E-state index contributed by atoms with van der Waals surface area (Å²) in [5, 5.41) is 4.48. The van der Waals surface area contributed by atoms with Gasteiger partial charge >= 0.3 is 0 Å². The highest BCUT2D eigenvalue weighted by Gasteiger charge is 2.08. The van der Waals surface area contributed by atoms with Crippen LogP contribution >= 0.6 is 0 Å². The summed E-state index contributed by atoms with van der Waals surface area (Å²) in [6, 6.07) is 3.90. The number of nitrogens with two attached hydrogens (primary N) is 1. The smallest absolute Gasteiger partial charge is 0.221 e. The van der Waals surface area contributed by atoms with Crippen molar-refractivity contribution in [3.63, 3.8) is 0 Å². The van der Waals surface area contributed by atoms with Crippen molar-refractivity contribution in [3.05, 3.63) is 29.7 Å². The van der Waals surface area contributed by atoms with Gasteiger partial charge in [-0.15, -0.1) is 0 Å². The summed E-state index contributed by atoms with van der Waals surface area (Å²) in [5.41, 5.74) is 7.76. The van der Waals surface area contributed by atoms with Gasteiger partial charge < -0.3 is 5.73 Å². The molecule has 2 N–H and O–H groups in total. The molecule has 84 valence electrons. The molecule has 0 fully saturated rings. The monoisotopic (exact) mass is 217 g/mol. The van der Waals surface area contributed by atoms with Crippen LogP contribution in [-0.2, 0) is 12.8 Å². The molecule has 5 nitrogen and oxygen atoms in total. The van der Waals surface area contributed by atoms with Crippen LogP contribution in [0.2, 0.25) is 0 Å². The maximum absolute atomic E-state index is 5.56. The topological polar surface area (TPSA) is 69.6 Å². The lowest BCUT2D eigenvalue weighted by molar-refractivity contribution is 0.770. The second-order valence-electron chi connectivity index (χ2n) is 3.52. The summed E-state index contributed by atoms with van der Waals surface area (Å²) in [6.07, 6.45) is 3.47. The minimum absolute atomic E-state index is 0.271. The Balaban J connectivity index is 2.50. The first-order chi connectivity index (χ1) is 7.74. The summed E-state index contributed by atoms with van der Waals surface area (Å²) in [7, 11) is 0. The Hall–Kier alpha value is -1.91. The Morgan fingerprint density at radius 2 is 2.12 bits per heavy atom. The summed E-state index contributed by atoms with van der Waals surface area (Å²) in [6.45, 7) is 4.18. The van der Waals surface area contributed by atoms with Gasteiger partial charge in [-0.05, 0) is 18.9 Å². The highest BCUT2D eigenvalue weighted by atomic mass is 15.3. The molecule has 0 amide bonds. The molecule has 16 heavy (non-hydrogen) atoms. The predicted molar refractivity (Wildman–Crippen MR) is 62.3 cm³/mol. The highest BCUT2D eigenvalue weighted by molar-refractivity contribution is 5.30. The van der Waals surface area contributed by atoms with Crippen molar-refractivity contribution >= 4 is 5.95 Å². The molecule has 0 saturated carbocycles. The van der Waals surface area contributed by atoms with E-state index in [0.717, 1.165) is 30.0 Å². The van der Waals surface area contributed by atoms with Crippen molar-refractivity contribution in [2.24, 2.45) is 0 Å². The fourth-order valence-electron chi connectivity index (χ4n) is 1.58. The quantitative estimate of drug-likeness (QED) is 0.843. The van der Waals surface area contributed by atoms with Gasteiger partial charge in [0, 0.05) is 18.0 Å². The Bertz CT molecular complexity index is 489. The maximum atomic E-state index is 5.56. The molecule has 0 bridgehead atoms. The molecule has 0 saturated heterocycles. The number of aryl methyl sites for hydroxylation is 2. The van der Waals surface area contributed by atoms with Crippen LogP contribution in [0, 0.1) is 0 Å². The van der Waals surface area contributed by atoms with E-state index in [1.807, 2.05) is 10.7 Å². The van der Waals surface area contributed by atoms with Gasteiger partial charge in [0.25, 0.3) is 0 Å². The van der Waals surface area contributed by atoms with Crippen LogP contribution in [0.1, 0.15) is 25.2 Å². The Morgan fingerprint density at radius 3 is 2.75 bits per heavy atom. The lowest BCUT2D eigenvalue weighted by Crippen LogP contribution is -2.06. The van der Waals surface area contributed by atoms with E-state index in [1.165, 1.54) is 0 Å². The first-order valence-corrected chi connectivity index (χ1v) is 5.41. The summed E-state index contributed by atoms with van der Waals surface area (Å²) < 4.78 is 1.83. The van der Waals surface area contributed by atoms with Crippen molar-refractivity contribution in [2.45, 2.75) is 26.7 Å². The molecule has 2 aromatic heterocycles. The van der Waals surface area contributed by atoms with Crippen LogP contribution in [0.4, 0.5) is 5.95 Å². The molecule has 0 unspecified atom stereocenters. The second kappa shape index (κ2) is 4.30. The van der Waals surface area contributed by atoms with E-state index in [-0.39, 0.29) is 5.95 Å². The molecule has 0 atom stereocenters. The van der Waals surface area contributed by atoms with Crippen molar-refractivity contribution < 1.29 is 0 Å². The van der Waals surface area contributed by atoms with E-state index in [9.17, 15) is 0 Å². The number of nitrogen functional groups attached to an aromatic ring is 1. The molecule has 0 aliphatic carbocycles. The Kier molecular flexibility index (Phi) is 2.85. The Morgan fingerprint density at radius 1 is 1.31 bits per heavy atom. The zero-order valence-electron chi connectivity index (χ0n) is 9.51. The van der Waals surface area contributed by atoms with E-state index in [0.29, 0.717) is 0 Å². The highest BCUT2D eigenvalue weighted by Crippen LogP contribution is 2.12. The van der Waals surface area contributed by atoms with Crippen LogP contribution in [0.5, 0.6) is 0 Å². The fraction of sp³-hybridized carbons (Fsp3) is 0.364. The molecule has 5 heteroatoms. The van der Waals surface area contributed by atoms with Crippen molar-refractivity contribution in [1.82, 2.24) is 19.7 Å². The van der Waals surface area contributed by atoms with E-state index < -0.39 is 0 Å². The molecule has 0 spiro atoms. The lowest BCUT2D eigenvalue weighted by atomic mass is 10.2. The number of aromatic nitrogens is 4. The molecule has 2 rings (SSSR count). The molecule has 0 aliphatic rings. The van der Waals surface area contributed by atoms with Crippen LogP contribution < -0.4 is 5.73 Å². The third-order valence-corrected chi connectivity index (χ3v) is 2.43. The summed E-state index contributed by atoms with van der Waals surface area (Å²) >= 11 is 0. The summed E-state index contributed by atoms with van der Waals surface area (Å²) in [4.78, 5) is 8.04. The van der Waals surface area contributed by atoms with Gasteiger partial charge in [-0.3, -0.25) is 0 Å². The van der Waals surface area contributed by atoms with E-state index in [2.05, 4.69) is 35.0 Å². The average Bonchev–Trinajstić information content (AvgIpc) is 2.72. The van der Waals surface area contributed by atoms with Gasteiger partial charge in [-0.1, -0.05) is 13.8 Å². The number of anilines is 1. The van der Waals surface area contributed by atoms with E-state index in [1.54, 1.807) is 6.20 Å². The molecule has 0 radical (unpaired) electrons. The van der Waals surface area contributed by atoms with Crippen molar-refractivity contribution in [3.8, 4) is 5.82 Å². The first-order valence-electron chi connectivity index (χ1n) is 5.41. The van der Waals surface area contributed by atoms with Gasteiger partial charge in [0.15, 0.2) is 5.82 Å². The minimum Gasteiger partial charge on any atom is -0.368 e. The van der Waals surface area contributed by atoms with Crippen LogP contribution in [0.25, 0.3) is 5.82 Å². The van der Waals surface area contributed by atoms with Crippen LogP contribution in [0.15, 0.2) is 18.3 Å². The zero-order chi connectivity index (χ0) is 11.5. The first kappa shape index (κ1) is 10.6. The van der Waals surface area contributed by atoms with Crippen LogP contribution in [0.3, 0.4) is 0 Å². The molecule has 2 heterocycles. The second-order valence-corrected chi connectivity index (χ2v) is 3.52. The summed E-state index contributed by atoms with van der Waals surface area (Å²) in [5.74, 6) is 0.997. The number of hydrogen-bond donors (Lipinski definition) is 1. The average molecular weight is 217 g/mol. The van der Waals surface area contributed by atoms with Crippen molar-refractivity contribution in [2.75, 3.05) is 5.73 Å². The third kappa shape index (κ3) is 1.88. The predicted octanol–water partition coefficient (Wildman–Crippen LogP) is 1.37. The normalized spacial score (nSPS) is 10.6. The number of nitrogens with zero attached hydrogens (tertiary/aromatic N) is 4. The van der Waals surface area contributed by atoms with Gasteiger partial charge in [0.2, 0.25) is 5.95 Å². The molecule has 2 aromatic rings. The molecular formula is C11H15N5. The SMILES string of the molecule is CCc1cc(CC)n(-c2ccnc(N)n2)n1. The molecule has 0 aliphatic heterocycles. The number of hydrogen-bond acceptors (Lipinski definition) is 4. The molecule has 0 aromatic carbocycles. The lowest BCUT2D eigenvalue weighted by Gasteiger charge is -2.04. The molecular weight excluding hydrogens is 202 g/mol. The van der Waals surface area contributed by atoms with Crippen LogP contribution in [-0.4, -0.2) is 19.7 Å². The van der Waals surface area contributed by atoms with Gasteiger partial charge in [0.05, 0.1) is 5.69 Å². The standard InChI is InChI=1S/C11H15N5/c1-3-8-7-9(4-2)16(15-8)10-5-6-13-11(12)14-10/h5-7H,3-4H2,1-2H3,(H2,12,13,14). The van der Waals surface area contributed by atoms with Gasteiger partial charge in [-0.2, -0.15) is 10.1 Å².